The molecule has 0 bridgehead atoms. The van der Waals surface area contributed by atoms with Crippen LogP contribution in [0.3, 0.4) is 0 Å². The van der Waals surface area contributed by atoms with Crippen LogP contribution in [0.4, 0.5) is 32.3 Å². The molecule has 6 rings (SSSR count). The van der Waals surface area contributed by atoms with E-state index in [-0.39, 0.29) is 30.7 Å². The molecule has 44 heavy (non-hydrogen) atoms. The maximum absolute atomic E-state index is 13.7. The van der Waals surface area contributed by atoms with Crippen LogP contribution >= 0.6 is 0 Å². The van der Waals surface area contributed by atoms with Gasteiger partial charge in [-0.25, -0.2) is 9.97 Å². The third-order valence-electron chi connectivity index (χ3n) is 8.35. The Balaban J connectivity index is 1.43. The molecule has 2 aliphatic carbocycles. The topological polar surface area (TPSA) is 45.2 Å². The number of alkyl halides is 6. The number of aryl methyl sites for hydroxylation is 2. The smallest absolute Gasteiger partial charge is 0.332 e. The number of anilines is 1. The summed E-state index contributed by atoms with van der Waals surface area (Å²) >= 11 is 0. The summed E-state index contributed by atoms with van der Waals surface area (Å²) in [7, 11) is 0. The predicted molar refractivity (Wildman–Crippen MR) is 156 cm³/mol. The number of nitrogens with zero attached hydrogens (tertiary/aromatic N) is 5. The van der Waals surface area contributed by atoms with Crippen LogP contribution in [0, 0.1) is 6.92 Å². The molecular formula is C33H33F6N5. The number of benzene rings is 2. The lowest BCUT2D eigenvalue weighted by molar-refractivity contribution is -0.143. The van der Waals surface area contributed by atoms with Gasteiger partial charge in [0, 0.05) is 49.5 Å². The Bertz CT molecular complexity index is 1600. The lowest BCUT2D eigenvalue weighted by Gasteiger charge is -2.27. The third kappa shape index (κ3) is 6.82. The Labute approximate surface area is 251 Å². The molecular weight excluding hydrogens is 580 g/mol. The van der Waals surface area contributed by atoms with Gasteiger partial charge in [-0.2, -0.15) is 26.3 Å². The van der Waals surface area contributed by atoms with Crippen molar-refractivity contribution in [3.8, 4) is 0 Å². The maximum Gasteiger partial charge on any atom is 0.416 e. The summed E-state index contributed by atoms with van der Waals surface area (Å²) in [6.45, 7) is 4.45. The van der Waals surface area contributed by atoms with Crippen molar-refractivity contribution in [1.82, 2.24) is 19.9 Å². The van der Waals surface area contributed by atoms with Crippen LogP contribution < -0.4 is 4.90 Å². The fourth-order valence-electron chi connectivity index (χ4n) is 5.67. The van der Waals surface area contributed by atoms with Gasteiger partial charge in [0.1, 0.15) is 0 Å². The summed E-state index contributed by atoms with van der Waals surface area (Å²) in [5.41, 5.74) is 1.61. The van der Waals surface area contributed by atoms with Crippen molar-refractivity contribution in [2.75, 3.05) is 4.90 Å². The minimum Gasteiger partial charge on any atom is -0.332 e. The summed E-state index contributed by atoms with van der Waals surface area (Å²) in [6, 6.07) is 10.6. The number of para-hydroxylation sites is 1. The van der Waals surface area contributed by atoms with Crippen molar-refractivity contribution in [3.63, 3.8) is 0 Å². The molecule has 0 amide bonds. The molecule has 2 aromatic carbocycles. The molecule has 2 aliphatic rings. The molecule has 0 aliphatic heterocycles. The summed E-state index contributed by atoms with van der Waals surface area (Å²) in [6.07, 6.45) is -1.39. The highest BCUT2D eigenvalue weighted by Crippen LogP contribution is 2.40. The Morgan fingerprint density at radius 1 is 0.773 bits per heavy atom. The van der Waals surface area contributed by atoms with Crippen LogP contribution in [-0.2, 0) is 38.4 Å². The van der Waals surface area contributed by atoms with E-state index in [1.165, 1.54) is 0 Å². The fourth-order valence-corrected chi connectivity index (χ4v) is 5.67. The standard InChI is InChI=1S/C33H33F6N5/c1-3-21-15-40-31(41-16-21)43(17-22-11-25(32(34,35)36)14-26(12-22)33(37,38)39)18-24-13-23-6-4-5-20(2)30(23)42-29(24)19-44(27-7-8-27)28-9-10-28/h4-6,11-16,27-28H,3,7-10,17-19H2,1-2H3. The maximum atomic E-state index is 13.7. The molecule has 2 heterocycles. The zero-order valence-electron chi connectivity index (χ0n) is 24.5. The van der Waals surface area contributed by atoms with Crippen molar-refractivity contribution in [2.24, 2.45) is 0 Å². The molecule has 0 spiro atoms. The number of aromatic nitrogens is 3. The lowest BCUT2D eigenvalue weighted by Crippen LogP contribution is -2.30. The van der Waals surface area contributed by atoms with Crippen molar-refractivity contribution >= 4 is 16.9 Å². The number of hydrogen-bond donors (Lipinski definition) is 0. The van der Waals surface area contributed by atoms with Crippen molar-refractivity contribution < 1.29 is 26.3 Å². The largest absolute Gasteiger partial charge is 0.416 e. The Morgan fingerprint density at radius 3 is 1.93 bits per heavy atom. The molecule has 2 fully saturated rings. The van der Waals surface area contributed by atoms with Gasteiger partial charge in [-0.3, -0.25) is 9.88 Å². The monoisotopic (exact) mass is 613 g/mol. The zero-order chi connectivity index (χ0) is 31.2. The molecule has 0 N–H and O–H groups in total. The Hall–Kier alpha value is -3.73. The lowest BCUT2D eigenvalue weighted by atomic mass is 10.0. The first-order valence-corrected chi connectivity index (χ1v) is 14.9. The number of halogens is 6. The van der Waals surface area contributed by atoms with Gasteiger partial charge in [-0.15, -0.1) is 0 Å². The Kier molecular flexibility index (Phi) is 8.02. The normalized spacial score (nSPS) is 15.8. The van der Waals surface area contributed by atoms with E-state index in [2.05, 4.69) is 14.9 Å². The Morgan fingerprint density at radius 2 is 1.39 bits per heavy atom. The molecule has 2 aromatic heterocycles. The fraction of sp³-hybridized carbons (Fsp3) is 0.424. The van der Waals surface area contributed by atoms with Gasteiger partial charge < -0.3 is 4.90 Å². The summed E-state index contributed by atoms with van der Waals surface area (Å²) in [5.74, 6) is 0.213. The highest BCUT2D eigenvalue weighted by Gasteiger charge is 2.40. The van der Waals surface area contributed by atoms with Crippen LogP contribution in [0.25, 0.3) is 10.9 Å². The highest BCUT2D eigenvalue weighted by atomic mass is 19.4. The molecule has 2 saturated carbocycles. The molecule has 0 atom stereocenters. The van der Waals surface area contributed by atoms with Gasteiger partial charge in [0.2, 0.25) is 5.95 Å². The second-order valence-electron chi connectivity index (χ2n) is 11.9. The molecule has 232 valence electrons. The SMILES string of the molecule is CCc1cnc(N(Cc2cc(C(F)(F)F)cc(C(F)(F)F)c2)Cc2cc3cccc(C)c3nc2CN(C2CC2)C2CC2)nc1. The van der Waals surface area contributed by atoms with Crippen molar-refractivity contribution in [1.29, 1.82) is 0 Å². The quantitative estimate of drug-likeness (QED) is 0.169. The molecule has 11 heteroatoms. The van der Waals surface area contributed by atoms with E-state index in [4.69, 9.17) is 4.98 Å². The van der Waals surface area contributed by atoms with Gasteiger partial charge >= 0.3 is 12.4 Å². The first-order chi connectivity index (χ1) is 20.9. The summed E-state index contributed by atoms with van der Waals surface area (Å²) in [5, 5.41) is 0.911. The summed E-state index contributed by atoms with van der Waals surface area (Å²) in [4.78, 5) is 18.2. The van der Waals surface area contributed by atoms with Gasteiger partial charge in [-0.05, 0) is 85.5 Å². The predicted octanol–water partition coefficient (Wildman–Crippen LogP) is 8.27. The first kappa shape index (κ1) is 30.3. The minimum atomic E-state index is -4.94. The van der Waals surface area contributed by atoms with Crippen molar-refractivity contribution in [3.05, 3.63) is 93.9 Å². The molecule has 0 saturated heterocycles. The number of rotatable bonds is 10. The molecule has 0 radical (unpaired) electrons. The first-order valence-electron chi connectivity index (χ1n) is 14.9. The van der Waals surface area contributed by atoms with E-state index in [0.29, 0.717) is 25.0 Å². The number of hydrogen-bond acceptors (Lipinski definition) is 5. The molecule has 5 nitrogen and oxygen atoms in total. The van der Waals surface area contributed by atoms with Crippen LogP contribution in [0.15, 0.2) is 54.9 Å². The van der Waals surface area contributed by atoms with Gasteiger partial charge in [0.15, 0.2) is 0 Å². The van der Waals surface area contributed by atoms with Crippen LogP contribution in [0.5, 0.6) is 0 Å². The van der Waals surface area contributed by atoms with Gasteiger partial charge in [0.05, 0.1) is 22.3 Å². The zero-order valence-corrected chi connectivity index (χ0v) is 24.5. The highest BCUT2D eigenvalue weighted by molar-refractivity contribution is 5.82. The van der Waals surface area contributed by atoms with Crippen molar-refractivity contribution in [2.45, 2.75) is 90.0 Å². The van der Waals surface area contributed by atoms with E-state index in [0.717, 1.165) is 71.1 Å². The average molecular weight is 614 g/mol. The average Bonchev–Trinajstić information content (AvgIpc) is 3.90. The molecule has 4 aromatic rings. The minimum absolute atomic E-state index is 0.140. The van der Waals surface area contributed by atoms with Gasteiger partial charge in [0.25, 0.3) is 0 Å². The van der Waals surface area contributed by atoms with E-state index in [1.807, 2.05) is 38.1 Å². The van der Waals surface area contributed by atoms with E-state index in [1.54, 1.807) is 17.3 Å². The van der Waals surface area contributed by atoms with E-state index in [9.17, 15) is 26.3 Å². The third-order valence-corrected chi connectivity index (χ3v) is 8.35. The second-order valence-corrected chi connectivity index (χ2v) is 11.9. The van der Waals surface area contributed by atoms with E-state index >= 15 is 0 Å². The number of pyridine rings is 1. The second kappa shape index (κ2) is 11.6. The van der Waals surface area contributed by atoms with Crippen LogP contribution in [-0.4, -0.2) is 31.9 Å². The van der Waals surface area contributed by atoms with Gasteiger partial charge in [-0.1, -0.05) is 25.1 Å². The van der Waals surface area contributed by atoms with Crippen LogP contribution in [0.1, 0.15) is 71.7 Å². The summed E-state index contributed by atoms with van der Waals surface area (Å²) < 4.78 is 82.2. The molecule has 0 unspecified atom stereocenters. The van der Waals surface area contributed by atoms with Crippen LogP contribution in [0.2, 0.25) is 0 Å². The van der Waals surface area contributed by atoms with E-state index < -0.39 is 23.5 Å². The number of fused-ring (bicyclic) bond motifs is 1.